The number of nitrogens with two attached hydrogens (primary N) is 1. The molecule has 0 aliphatic heterocycles. The van der Waals surface area contributed by atoms with Crippen molar-refractivity contribution in [2.75, 3.05) is 30.8 Å². The van der Waals surface area contributed by atoms with Crippen molar-refractivity contribution in [3.05, 3.63) is 5.28 Å². The number of hydrogen-bond donors (Lipinski definition) is 2. The number of aliphatic hydroxyl groups is 1. The standard InChI is InChI=1S/C9H16ClN5O/c1-15(5-3-2-4-6-16)9-13-7(10)12-8(11)14-9/h16H,2-6H2,1H3,(H2,11,12,13,14). The molecule has 0 unspecified atom stereocenters. The Morgan fingerprint density at radius 3 is 2.62 bits per heavy atom. The van der Waals surface area contributed by atoms with Crippen LogP contribution in [-0.4, -0.2) is 40.3 Å². The summed E-state index contributed by atoms with van der Waals surface area (Å²) in [6.45, 7) is 1.02. The Labute approximate surface area is 99.5 Å². The summed E-state index contributed by atoms with van der Waals surface area (Å²) in [5.41, 5.74) is 5.47. The van der Waals surface area contributed by atoms with Gasteiger partial charge >= 0.3 is 0 Å². The van der Waals surface area contributed by atoms with Crippen LogP contribution in [0.15, 0.2) is 0 Å². The molecule has 1 rings (SSSR count). The molecule has 0 spiro atoms. The highest BCUT2D eigenvalue weighted by molar-refractivity contribution is 6.28. The molecule has 0 aliphatic rings. The summed E-state index contributed by atoms with van der Waals surface area (Å²) in [5, 5.41) is 8.74. The third kappa shape index (κ3) is 4.16. The molecule has 7 heteroatoms. The molecule has 0 saturated heterocycles. The third-order valence-corrected chi connectivity index (χ3v) is 2.28. The summed E-state index contributed by atoms with van der Waals surface area (Å²) in [7, 11) is 1.87. The maximum Gasteiger partial charge on any atom is 0.231 e. The molecule has 0 radical (unpaired) electrons. The average Bonchev–Trinajstić information content (AvgIpc) is 2.22. The van der Waals surface area contributed by atoms with Crippen LogP contribution < -0.4 is 10.6 Å². The highest BCUT2D eigenvalue weighted by Gasteiger charge is 2.07. The molecule has 1 heterocycles. The van der Waals surface area contributed by atoms with Crippen molar-refractivity contribution in [2.45, 2.75) is 19.3 Å². The van der Waals surface area contributed by atoms with Gasteiger partial charge in [-0.15, -0.1) is 0 Å². The molecule has 1 aromatic heterocycles. The maximum absolute atomic E-state index is 8.64. The molecule has 16 heavy (non-hydrogen) atoms. The fraction of sp³-hybridized carbons (Fsp3) is 0.667. The fourth-order valence-electron chi connectivity index (χ4n) is 1.26. The summed E-state index contributed by atoms with van der Waals surface area (Å²) < 4.78 is 0. The van der Waals surface area contributed by atoms with E-state index in [2.05, 4.69) is 15.0 Å². The van der Waals surface area contributed by atoms with Crippen molar-refractivity contribution in [1.29, 1.82) is 0 Å². The quantitative estimate of drug-likeness (QED) is 0.718. The van der Waals surface area contributed by atoms with E-state index in [1.54, 1.807) is 0 Å². The zero-order chi connectivity index (χ0) is 12.0. The Kier molecular flexibility index (Phi) is 5.21. The Bertz CT molecular complexity index is 315. The van der Waals surface area contributed by atoms with Gasteiger partial charge in [-0.2, -0.15) is 15.0 Å². The zero-order valence-electron chi connectivity index (χ0n) is 9.23. The summed E-state index contributed by atoms with van der Waals surface area (Å²) in [4.78, 5) is 13.5. The normalized spacial score (nSPS) is 10.4. The number of aromatic nitrogens is 3. The SMILES string of the molecule is CN(CCCCCO)c1nc(N)nc(Cl)n1. The number of anilines is 2. The van der Waals surface area contributed by atoms with Gasteiger partial charge in [-0.1, -0.05) is 0 Å². The van der Waals surface area contributed by atoms with Crippen molar-refractivity contribution in [3.63, 3.8) is 0 Å². The Hall–Kier alpha value is -1.14. The van der Waals surface area contributed by atoms with E-state index in [0.29, 0.717) is 5.95 Å². The molecular weight excluding hydrogens is 230 g/mol. The van der Waals surface area contributed by atoms with Crippen LogP contribution in [0.5, 0.6) is 0 Å². The number of unbranched alkanes of at least 4 members (excludes halogenated alkanes) is 2. The lowest BCUT2D eigenvalue weighted by Gasteiger charge is -2.16. The Balaban J connectivity index is 2.48. The van der Waals surface area contributed by atoms with E-state index < -0.39 is 0 Å². The Morgan fingerprint density at radius 2 is 2.00 bits per heavy atom. The molecule has 0 amide bonds. The van der Waals surface area contributed by atoms with Crippen LogP contribution in [0.3, 0.4) is 0 Å². The second kappa shape index (κ2) is 6.44. The molecule has 0 atom stereocenters. The van der Waals surface area contributed by atoms with Crippen LogP contribution in [0.4, 0.5) is 11.9 Å². The minimum Gasteiger partial charge on any atom is -0.396 e. The minimum atomic E-state index is 0.102. The summed E-state index contributed by atoms with van der Waals surface area (Å²) >= 11 is 5.68. The lowest BCUT2D eigenvalue weighted by molar-refractivity contribution is 0.283. The van der Waals surface area contributed by atoms with Crippen LogP contribution in [-0.2, 0) is 0 Å². The van der Waals surface area contributed by atoms with Gasteiger partial charge < -0.3 is 15.7 Å². The van der Waals surface area contributed by atoms with Gasteiger partial charge in [-0.25, -0.2) is 0 Å². The van der Waals surface area contributed by atoms with Crippen molar-refractivity contribution in [3.8, 4) is 0 Å². The lowest BCUT2D eigenvalue weighted by Crippen LogP contribution is -2.22. The second-order valence-electron chi connectivity index (χ2n) is 3.47. The number of nitrogen functional groups attached to an aromatic ring is 1. The first-order valence-electron chi connectivity index (χ1n) is 5.12. The van der Waals surface area contributed by atoms with Crippen LogP contribution in [0.25, 0.3) is 0 Å². The van der Waals surface area contributed by atoms with Crippen LogP contribution in [0.1, 0.15) is 19.3 Å². The van der Waals surface area contributed by atoms with Crippen LogP contribution >= 0.6 is 11.6 Å². The maximum atomic E-state index is 8.64. The van der Waals surface area contributed by atoms with Gasteiger partial charge in [-0.3, -0.25) is 0 Å². The fourth-order valence-corrected chi connectivity index (χ4v) is 1.42. The predicted molar refractivity (Wildman–Crippen MR) is 63.5 cm³/mol. The van der Waals surface area contributed by atoms with E-state index in [1.807, 2.05) is 11.9 Å². The number of hydrogen-bond acceptors (Lipinski definition) is 6. The third-order valence-electron chi connectivity index (χ3n) is 2.11. The van der Waals surface area contributed by atoms with Gasteiger partial charge in [0.1, 0.15) is 0 Å². The molecule has 1 aromatic rings. The second-order valence-corrected chi connectivity index (χ2v) is 3.81. The largest absolute Gasteiger partial charge is 0.396 e. The van der Waals surface area contributed by atoms with Gasteiger partial charge in [0.05, 0.1) is 0 Å². The van der Waals surface area contributed by atoms with E-state index in [1.165, 1.54) is 0 Å². The summed E-state index contributed by atoms with van der Waals surface area (Å²) in [6, 6.07) is 0. The van der Waals surface area contributed by atoms with E-state index in [4.69, 9.17) is 22.4 Å². The van der Waals surface area contributed by atoms with Crippen molar-refractivity contribution >= 4 is 23.5 Å². The van der Waals surface area contributed by atoms with Crippen molar-refractivity contribution in [2.24, 2.45) is 0 Å². The molecule has 0 fully saturated rings. The average molecular weight is 246 g/mol. The summed E-state index contributed by atoms with van der Waals surface area (Å²) in [6.07, 6.45) is 2.74. The van der Waals surface area contributed by atoms with E-state index in [-0.39, 0.29) is 17.8 Å². The highest BCUT2D eigenvalue weighted by atomic mass is 35.5. The first-order valence-corrected chi connectivity index (χ1v) is 5.50. The first kappa shape index (κ1) is 12.9. The summed E-state index contributed by atoms with van der Waals surface area (Å²) in [5.74, 6) is 0.596. The monoisotopic (exact) mass is 245 g/mol. The highest BCUT2D eigenvalue weighted by Crippen LogP contribution is 2.11. The lowest BCUT2D eigenvalue weighted by atomic mass is 10.2. The van der Waals surface area contributed by atoms with Gasteiger partial charge in [0.25, 0.3) is 0 Å². The van der Waals surface area contributed by atoms with Gasteiger partial charge in [0.15, 0.2) is 0 Å². The predicted octanol–water partition coefficient (Wildman–Crippen LogP) is 0.706. The molecule has 3 N–H and O–H groups in total. The van der Waals surface area contributed by atoms with Crippen LogP contribution in [0.2, 0.25) is 5.28 Å². The topological polar surface area (TPSA) is 88.2 Å². The molecule has 0 saturated carbocycles. The number of halogens is 1. The van der Waals surface area contributed by atoms with E-state index in [0.717, 1.165) is 25.8 Å². The minimum absolute atomic E-state index is 0.102. The van der Waals surface area contributed by atoms with Crippen LogP contribution in [0, 0.1) is 0 Å². The van der Waals surface area contributed by atoms with Gasteiger partial charge in [0, 0.05) is 20.2 Å². The molecular formula is C9H16ClN5O. The van der Waals surface area contributed by atoms with Crippen molar-refractivity contribution < 1.29 is 5.11 Å². The molecule has 0 aromatic carbocycles. The van der Waals surface area contributed by atoms with Gasteiger partial charge in [-0.05, 0) is 30.9 Å². The number of rotatable bonds is 6. The van der Waals surface area contributed by atoms with E-state index >= 15 is 0 Å². The first-order chi connectivity index (χ1) is 7.63. The van der Waals surface area contributed by atoms with E-state index in [9.17, 15) is 0 Å². The molecule has 0 aliphatic carbocycles. The molecule has 0 bridgehead atoms. The molecule has 90 valence electrons. The zero-order valence-corrected chi connectivity index (χ0v) is 9.98. The molecule has 6 nitrogen and oxygen atoms in total. The Morgan fingerprint density at radius 1 is 1.25 bits per heavy atom. The van der Waals surface area contributed by atoms with Crippen molar-refractivity contribution in [1.82, 2.24) is 15.0 Å². The smallest absolute Gasteiger partial charge is 0.231 e. The number of aliphatic hydroxyl groups excluding tert-OH is 1. The number of nitrogens with zero attached hydrogens (tertiary/aromatic N) is 4. The van der Waals surface area contributed by atoms with Gasteiger partial charge in [0.2, 0.25) is 17.2 Å².